The number of nitrogens with two attached hydrogens (primary N) is 1. The first-order chi connectivity index (χ1) is 9.29. The molecule has 1 aliphatic carbocycles. The van der Waals surface area contributed by atoms with E-state index in [0.717, 1.165) is 19.3 Å². The summed E-state index contributed by atoms with van der Waals surface area (Å²) in [5, 5.41) is 13.6. The van der Waals surface area contributed by atoms with Crippen LogP contribution in [0.5, 0.6) is 0 Å². The van der Waals surface area contributed by atoms with Crippen molar-refractivity contribution < 1.29 is 9.63 Å². The van der Waals surface area contributed by atoms with Crippen LogP contribution in [0.25, 0.3) is 0 Å². The first-order valence-electron chi connectivity index (χ1n) is 6.59. The Labute approximate surface area is 111 Å². The zero-order chi connectivity index (χ0) is 13.2. The molecule has 1 heterocycles. The van der Waals surface area contributed by atoms with Gasteiger partial charge in [-0.25, -0.2) is 0 Å². The van der Waals surface area contributed by atoms with E-state index in [4.69, 9.17) is 10.3 Å². The van der Waals surface area contributed by atoms with Crippen LogP contribution in [-0.4, -0.2) is 21.8 Å². The Balaban J connectivity index is 1.93. The second-order valence-corrected chi connectivity index (χ2v) is 4.89. The van der Waals surface area contributed by atoms with Crippen molar-refractivity contribution in [2.24, 2.45) is 5.73 Å². The van der Waals surface area contributed by atoms with E-state index in [2.05, 4.69) is 28.3 Å². The first kappa shape index (κ1) is 12.3. The van der Waals surface area contributed by atoms with Crippen LogP contribution in [0.3, 0.4) is 0 Å². The Morgan fingerprint density at radius 1 is 1.42 bits per heavy atom. The Hall–Kier alpha value is -1.72. The van der Waals surface area contributed by atoms with Gasteiger partial charge in [0.2, 0.25) is 0 Å². The number of aryl methyl sites for hydroxylation is 1. The molecule has 0 saturated heterocycles. The van der Waals surface area contributed by atoms with E-state index in [-0.39, 0.29) is 18.4 Å². The maximum absolute atomic E-state index is 9.61. The number of nitrogens with zero attached hydrogens (tertiary/aromatic N) is 2. The average molecular weight is 259 g/mol. The third-order valence-corrected chi connectivity index (χ3v) is 3.65. The lowest BCUT2D eigenvalue weighted by molar-refractivity contribution is 0.141. The molecule has 3 N–H and O–H groups in total. The van der Waals surface area contributed by atoms with E-state index in [1.54, 1.807) is 0 Å². The first-order valence-corrected chi connectivity index (χ1v) is 6.59. The molecule has 100 valence electrons. The maximum atomic E-state index is 9.61. The summed E-state index contributed by atoms with van der Waals surface area (Å²) in [5.74, 6) is 1.02. The normalized spacial score (nSPS) is 20.0. The molecule has 0 amide bonds. The number of aliphatic hydroxyl groups is 1. The summed E-state index contributed by atoms with van der Waals surface area (Å²) in [7, 11) is 0. The summed E-state index contributed by atoms with van der Waals surface area (Å²) in [6.45, 7) is 0.0862. The Morgan fingerprint density at radius 3 is 3.11 bits per heavy atom. The van der Waals surface area contributed by atoms with E-state index < -0.39 is 6.10 Å². The molecule has 0 bridgehead atoms. The summed E-state index contributed by atoms with van der Waals surface area (Å²) in [5.41, 5.74) is 8.01. The van der Waals surface area contributed by atoms with Crippen molar-refractivity contribution in [3.05, 3.63) is 47.1 Å². The van der Waals surface area contributed by atoms with Gasteiger partial charge in [-0.05, 0) is 30.4 Å². The highest BCUT2D eigenvalue weighted by Gasteiger charge is 2.26. The smallest absolute Gasteiger partial charge is 0.256 e. The molecule has 2 aromatic rings. The fraction of sp³-hybridized carbons (Fsp3) is 0.429. The molecule has 2 atom stereocenters. The zero-order valence-corrected chi connectivity index (χ0v) is 10.6. The fourth-order valence-electron chi connectivity index (χ4n) is 2.65. The minimum atomic E-state index is -0.875. The highest BCUT2D eigenvalue weighted by Crippen LogP contribution is 2.35. The molecule has 3 rings (SSSR count). The van der Waals surface area contributed by atoms with Gasteiger partial charge in [-0.2, -0.15) is 4.98 Å². The number of hydrogen-bond acceptors (Lipinski definition) is 5. The molecule has 0 saturated carbocycles. The van der Waals surface area contributed by atoms with Crippen molar-refractivity contribution >= 4 is 0 Å². The standard InChI is InChI=1S/C14H17N3O2/c15-8-12(18)14-16-13(17-19-14)11-7-3-5-9-4-1-2-6-10(9)11/h1-2,4,6,11-12,18H,3,5,7-8,15H2/t11?,12-/m0/s1. The van der Waals surface area contributed by atoms with Gasteiger partial charge in [0.25, 0.3) is 5.89 Å². The van der Waals surface area contributed by atoms with Gasteiger partial charge in [0.05, 0.1) is 0 Å². The molecule has 0 radical (unpaired) electrons. The summed E-state index contributed by atoms with van der Waals surface area (Å²) in [6, 6.07) is 8.36. The Bertz CT molecular complexity index is 567. The van der Waals surface area contributed by atoms with Gasteiger partial charge in [-0.1, -0.05) is 29.4 Å². The molecule has 5 nitrogen and oxygen atoms in total. The lowest BCUT2D eigenvalue weighted by atomic mass is 9.82. The SMILES string of the molecule is NC[C@H](O)c1nc(C2CCCc3ccccc32)no1. The second-order valence-electron chi connectivity index (χ2n) is 4.89. The van der Waals surface area contributed by atoms with Crippen LogP contribution in [0.1, 0.15) is 47.7 Å². The Kier molecular flexibility index (Phi) is 3.31. The van der Waals surface area contributed by atoms with E-state index in [0.29, 0.717) is 5.82 Å². The number of aromatic nitrogens is 2. The van der Waals surface area contributed by atoms with E-state index in [1.807, 2.05) is 6.07 Å². The van der Waals surface area contributed by atoms with Gasteiger partial charge in [0.15, 0.2) is 5.82 Å². The molecule has 1 unspecified atom stereocenters. The Morgan fingerprint density at radius 2 is 2.26 bits per heavy atom. The molecule has 0 fully saturated rings. The van der Waals surface area contributed by atoms with Gasteiger partial charge in [0.1, 0.15) is 6.10 Å². The number of hydrogen-bond donors (Lipinski definition) is 2. The fourth-order valence-corrected chi connectivity index (χ4v) is 2.65. The lowest BCUT2D eigenvalue weighted by Crippen LogP contribution is -2.14. The topological polar surface area (TPSA) is 85.2 Å². The molecule has 19 heavy (non-hydrogen) atoms. The van der Waals surface area contributed by atoms with Crippen LogP contribution in [-0.2, 0) is 6.42 Å². The van der Waals surface area contributed by atoms with E-state index >= 15 is 0 Å². The number of fused-ring (bicyclic) bond motifs is 1. The predicted octanol–water partition coefficient (Wildman–Crippen LogP) is 1.53. The molecular formula is C14H17N3O2. The van der Waals surface area contributed by atoms with Crippen molar-refractivity contribution in [1.29, 1.82) is 0 Å². The van der Waals surface area contributed by atoms with Crippen molar-refractivity contribution in [1.82, 2.24) is 10.1 Å². The minimum absolute atomic E-state index is 0.0862. The van der Waals surface area contributed by atoms with Gasteiger partial charge in [0, 0.05) is 12.5 Å². The van der Waals surface area contributed by atoms with Gasteiger partial charge in [-0.15, -0.1) is 0 Å². The highest BCUT2D eigenvalue weighted by molar-refractivity contribution is 5.36. The molecule has 1 aliphatic rings. The van der Waals surface area contributed by atoms with Crippen LogP contribution in [0.2, 0.25) is 0 Å². The van der Waals surface area contributed by atoms with Crippen LogP contribution in [0.4, 0.5) is 0 Å². The van der Waals surface area contributed by atoms with Crippen molar-refractivity contribution in [3.63, 3.8) is 0 Å². The number of benzene rings is 1. The van der Waals surface area contributed by atoms with Crippen LogP contribution >= 0.6 is 0 Å². The summed E-state index contributed by atoms with van der Waals surface area (Å²) < 4.78 is 5.09. The molecule has 0 aliphatic heterocycles. The number of aliphatic hydroxyl groups excluding tert-OH is 1. The van der Waals surface area contributed by atoms with Crippen LogP contribution in [0, 0.1) is 0 Å². The third-order valence-electron chi connectivity index (χ3n) is 3.65. The van der Waals surface area contributed by atoms with Crippen LogP contribution < -0.4 is 5.73 Å². The van der Waals surface area contributed by atoms with Crippen LogP contribution in [0.15, 0.2) is 28.8 Å². The molecule has 0 spiro atoms. The van der Waals surface area contributed by atoms with Gasteiger partial charge < -0.3 is 15.4 Å². The van der Waals surface area contributed by atoms with Crippen molar-refractivity contribution in [3.8, 4) is 0 Å². The van der Waals surface area contributed by atoms with Crippen molar-refractivity contribution in [2.75, 3.05) is 6.54 Å². The summed E-state index contributed by atoms with van der Waals surface area (Å²) in [6.07, 6.45) is 2.35. The number of rotatable bonds is 3. The third kappa shape index (κ3) is 2.27. The maximum Gasteiger partial charge on any atom is 0.256 e. The van der Waals surface area contributed by atoms with Gasteiger partial charge in [-0.3, -0.25) is 0 Å². The minimum Gasteiger partial charge on any atom is -0.382 e. The quantitative estimate of drug-likeness (QED) is 0.873. The second kappa shape index (κ2) is 5.11. The average Bonchev–Trinajstić information content (AvgIpc) is 2.95. The largest absolute Gasteiger partial charge is 0.382 e. The molecule has 1 aromatic carbocycles. The highest BCUT2D eigenvalue weighted by atomic mass is 16.5. The monoisotopic (exact) mass is 259 g/mol. The van der Waals surface area contributed by atoms with Crippen molar-refractivity contribution in [2.45, 2.75) is 31.3 Å². The van der Waals surface area contributed by atoms with Gasteiger partial charge >= 0.3 is 0 Å². The van der Waals surface area contributed by atoms with E-state index in [9.17, 15) is 5.11 Å². The molecule has 1 aromatic heterocycles. The summed E-state index contributed by atoms with van der Waals surface area (Å²) in [4.78, 5) is 4.30. The summed E-state index contributed by atoms with van der Waals surface area (Å²) >= 11 is 0. The lowest BCUT2D eigenvalue weighted by Gasteiger charge is -2.22. The molecule has 5 heteroatoms. The zero-order valence-electron chi connectivity index (χ0n) is 10.6. The van der Waals surface area contributed by atoms with E-state index in [1.165, 1.54) is 11.1 Å². The molecular weight excluding hydrogens is 242 g/mol. The predicted molar refractivity (Wildman–Crippen MR) is 69.5 cm³/mol.